The van der Waals surface area contributed by atoms with Crippen molar-refractivity contribution in [2.45, 2.75) is 26.7 Å². The van der Waals surface area contributed by atoms with Crippen LogP contribution in [0.5, 0.6) is 0 Å². The van der Waals surface area contributed by atoms with Crippen molar-refractivity contribution in [2.24, 2.45) is 0 Å². The number of hydrogen-bond acceptors (Lipinski definition) is 3. The Hall–Kier alpha value is -1.09. The fraction of sp³-hybridized carbons (Fsp3) is 0.583. The molecule has 0 fully saturated rings. The van der Waals surface area contributed by atoms with Crippen LogP contribution < -0.4 is 0 Å². The van der Waals surface area contributed by atoms with Crippen LogP contribution in [-0.2, 0) is 14.3 Å². The summed E-state index contributed by atoms with van der Waals surface area (Å²) in [7, 11) is 0. The van der Waals surface area contributed by atoms with Crippen LogP contribution in [0.15, 0.2) is 24.3 Å². The Morgan fingerprint density at radius 1 is 1.13 bits per heavy atom. The van der Waals surface area contributed by atoms with E-state index in [9.17, 15) is 4.79 Å². The zero-order valence-corrected chi connectivity index (χ0v) is 9.67. The van der Waals surface area contributed by atoms with E-state index in [4.69, 9.17) is 9.47 Å². The largest absolute Gasteiger partial charge is 0.462 e. The maximum absolute atomic E-state index is 11.0. The Labute approximate surface area is 91.8 Å². The summed E-state index contributed by atoms with van der Waals surface area (Å²) in [5.41, 5.74) is 1.46. The summed E-state index contributed by atoms with van der Waals surface area (Å²) >= 11 is 0. The zero-order valence-electron chi connectivity index (χ0n) is 9.67. The lowest BCUT2D eigenvalue weighted by Crippen LogP contribution is -2.07. The first-order valence-electron chi connectivity index (χ1n) is 5.08. The first kappa shape index (κ1) is 13.9. The van der Waals surface area contributed by atoms with Gasteiger partial charge >= 0.3 is 5.97 Å². The zero-order chi connectivity index (χ0) is 11.7. The van der Waals surface area contributed by atoms with Gasteiger partial charge in [0.05, 0.1) is 13.2 Å². The van der Waals surface area contributed by atoms with Gasteiger partial charge in [-0.15, -0.1) is 0 Å². The van der Waals surface area contributed by atoms with Gasteiger partial charge in [-0.05, 0) is 26.7 Å². The van der Waals surface area contributed by atoms with E-state index in [-0.39, 0.29) is 5.97 Å². The topological polar surface area (TPSA) is 35.5 Å². The molecule has 0 aromatic carbocycles. The summed E-state index contributed by atoms with van der Waals surface area (Å²) in [4.78, 5) is 11.0. The van der Waals surface area contributed by atoms with E-state index < -0.39 is 0 Å². The van der Waals surface area contributed by atoms with Gasteiger partial charge in [0.25, 0.3) is 0 Å². The highest BCUT2D eigenvalue weighted by molar-refractivity contribution is 5.86. The summed E-state index contributed by atoms with van der Waals surface area (Å²) < 4.78 is 10.2. The van der Waals surface area contributed by atoms with Gasteiger partial charge in [0, 0.05) is 12.2 Å². The van der Waals surface area contributed by atoms with Crippen molar-refractivity contribution in [3.8, 4) is 0 Å². The molecule has 15 heavy (non-hydrogen) atoms. The Bertz CT molecular complexity index is 231. The van der Waals surface area contributed by atoms with Crippen LogP contribution in [0.2, 0.25) is 0 Å². The van der Waals surface area contributed by atoms with Crippen molar-refractivity contribution < 1.29 is 14.3 Å². The molecule has 3 heteroatoms. The highest BCUT2D eigenvalue weighted by atomic mass is 16.5. The second kappa shape index (κ2) is 8.24. The SMILES string of the molecule is C=C(C)COCCCCOC(=O)C(=C)C. The Balaban J connectivity index is 3.22. The first-order valence-corrected chi connectivity index (χ1v) is 5.08. The summed E-state index contributed by atoms with van der Waals surface area (Å²) in [5.74, 6) is -0.321. The summed E-state index contributed by atoms with van der Waals surface area (Å²) in [6.45, 7) is 12.5. The van der Waals surface area contributed by atoms with Crippen LogP contribution in [0, 0.1) is 0 Å². The molecule has 86 valence electrons. The molecule has 0 aromatic rings. The maximum Gasteiger partial charge on any atom is 0.333 e. The number of carbonyl (C=O) groups is 1. The lowest BCUT2D eigenvalue weighted by molar-refractivity contribution is -0.139. The van der Waals surface area contributed by atoms with Crippen LogP contribution in [-0.4, -0.2) is 25.8 Å². The molecule has 0 atom stereocenters. The molecule has 0 bridgehead atoms. The number of hydrogen-bond donors (Lipinski definition) is 0. The molecule has 0 saturated carbocycles. The number of ether oxygens (including phenoxy) is 2. The monoisotopic (exact) mass is 212 g/mol. The molecule has 0 aliphatic heterocycles. The van der Waals surface area contributed by atoms with Crippen molar-refractivity contribution in [1.29, 1.82) is 0 Å². The van der Waals surface area contributed by atoms with Gasteiger partial charge in [0.15, 0.2) is 0 Å². The number of carbonyl (C=O) groups excluding carboxylic acids is 1. The first-order chi connectivity index (χ1) is 7.04. The molecule has 0 aliphatic carbocycles. The number of unbranched alkanes of at least 4 members (excludes halogenated alkanes) is 1. The lowest BCUT2D eigenvalue weighted by Gasteiger charge is -2.05. The third-order valence-electron chi connectivity index (χ3n) is 1.61. The molecule has 0 saturated heterocycles. The van der Waals surface area contributed by atoms with Gasteiger partial charge < -0.3 is 9.47 Å². The Kier molecular flexibility index (Phi) is 7.64. The summed E-state index contributed by atoms with van der Waals surface area (Å²) in [6.07, 6.45) is 1.70. The number of esters is 1. The van der Waals surface area contributed by atoms with Gasteiger partial charge in [-0.2, -0.15) is 0 Å². The molecule has 0 rings (SSSR count). The molecule has 0 spiro atoms. The van der Waals surface area contributed by atoms with Crippen LogP contribution in [0.3, 0.4) is 0 Å². The highest BCUT2D eigenvalue weighted by Crippen LogP contribution is 1.97. The van der Waals surface area contributed by atoms with Crippen molar-refractivity contribution in [2.75, 3.05) is 19.8 Å². The second-order valence-corrected chi connectivity index (χ2v) is 3.63. The van der Waals surface area contributed by atoms with Crippen molar-refractivity contribution >= 4 is 5.97 Å². The minimum Gasteiger partial charge on any atom is -0.462 e. The Morgan fingerprint density at radius 3 is 2.27 bits per heavy atom. The van der Waals surface area contributed by atoms with E-state index in [0.717, 1.165) is 18.4 Å². The Morgan fingerprint density at radius 2 is 1.73 bits per heavy atom. The third-order valence-corrected chi connectivity index (χ3v) is 1.61. The van der Waals surface area contributed by atoms with Crippen LogP contribution in [0.1, 0.15) is 26.7 Å². The van der Waals surface area contributed by atoms with Crippen LogP contribution in [0.4, 0.5) is 0 Å². The quantitative estimate of drug-likeness (QED) is 0.268. The van der Waals surface area contributed by atoms with E-state index in [1.165, 1.54) is 0 Å². The molecule has 0 radical (unpaired) electrons. The van der Waals surface area contributed by atoms with Gasteiger partial charge in [0.1, 0.15) is 0 Å². The van der Waals surface area contributed by atoms with Crippen molar-refractivity contribution in [1.82, 2.24) is 0 Å². The molecular weight excluding hydrogens is 192 g/mol. The predicted octanol–water partition coefficient (Wildman–Crippen LogP) is 2.48. The maximum atomic E-state index is 11.0. The van der Waals surface area contributed by atoms with E-state index in [2.05, 4.69) is 13.2 Å². The van der Waals surface area contributed by atoms with E-state index in [1.54, 1.807) is 6.92 Å². The average molecular weight is 212 g/mol. The van der Waals surface area contributed by atoms with E-state index in [0.29, 0.717) is 25.4 Å². The van der Waals surface area contributed by atoms with Crippen molar-refractivity contribution in [3.63, 3.8) is 0 Å². The normalized spacial score (nSPS) is 9.73. The lowest BCUT2D eigenvalue weighted by atomic mass is 10.3. The minimum absolute atomic E-state index is 0.321. The fourth-order valence-electron chi connectivity index (χ4n) is 0.841. The smallest absolute Gasteiger partial charge is 0.333 e. The molecule has 3 nitrogen and oxygen atoms in total. The van der Waals surface area contributed by atoms with Gasteiger partial charge in [-0.1, -0.05) is 18.7 Å². The van der Waals surface area contributed by atoms with Gasteiger partial charge in [-0.25, -0.2) is 4.79 Å². The number of rotatable bonds is 8. The van der Waals surface area contributed by atoms with Crippen LogP contribution >= 0.6 is 0 Å². The molecular formula is C12H20O3. The summed E-state index contributed by atoms with van der Waals surface area (Å²) in [6, 6.07) is 0. The predicted molar refractivity (Wildman–Crippen MR) is 60.6 cm³/mol. The molecule has 0 heterocycles. The fourth-order valence-corrected chi connectivity index (χ4v) is 0.841. The molecule has 0 N–H and O–H groups in total. The molecule has 0 aromatic heterocycles. The summed E-state index contributed by atoms with van der Waals surface area (Å²) in [5, 5.41) is 0. The minimum atomic E-state index is -0.321. The third kappa shape index (κ3) is 9.22. The second-order valence-electron chi connectivity index (χ2n) is 3.63. The van der Waals surface area contributed by atoms with Gasteiger partial charge in [0.2, 0.25) is 0 Å². The highest BCUT2D eigenvalue weighted by Gasteiger charge is 2.01. The molecule has 0 aliphatic rings. The van der Waals surface area contributed by atoms with Crippen LogP contribution in [0.25, 0.3) is 0 Å². The van der Waals surface area contributed by atoms with Crippen molar-refractivity contribution in [3.05, 3.63) is 24.3 Å². The van der Waals surface area contributed by atoms with E-state index in [1.807, 2.05) is 6.92 Å². The standard InChI is InChI=1S/C12H20O3/c1-10(2)9-14-7-5-6-8-15-12(13)11(3)4/h1,3,5-9H2,2,4H3. The molecule has 0 amide bonds. The average Bonchev–Trinajstić information content (AvgIpc) is 2.15. The van der Waals surface area contributed by atoms with E-state index >= 15 is 0 Å². The molecule has 0 unspecified atom stereocenters. The van der Waals surface area contributed by atoms with Gasteiger partial charge in [-0.3, -0.25) is 0 Å².